The summed E-state index contributed by atoms with van der Waals surface area (Å²) in [7, 11) is 0. The van der Waals surface area contributed by atoms with E-state index in [0.717, 1.165) is 12.8 Å². The first-order chi connectivity index (χ1) is 12.3. The van der Waals surface area contributed by atoms with Crippen LogP contribution >= 0.6 is 0 Å². The molecule has 0 atom stereocenters. The summed E-state index contributed by atoms with van der Waals surface area (Å²) < 4.78 is 36.7. The fraction of sp³-hybridized carbons (Fsp3) is 0.556. The van der Waals surface area contributed by atoms with Crippen molar-refractivity contribution in [1.29, 1.82) is 0 Å². The van der Waals surface area contributed by atoms with Crippen molar-refractivity contribution in [2.75, 3.05) is 25.0 Å². The molecule has 26 heavy (non-hydrogen) atoms. The van der Waals surface area contributed by atoms with Gasteiger partial charge in [-0.1, -0.05) is 31.4 Å². The van der Waals surface area contributed by atoms with Crippen LogP contribution < -0.4 is 16.0 Å². The average molecular weight is 371 g/mol. The Balaban J connectivity index is 1.83. The highest BCUT2D eigenvalue weighted by Gasteiger charge is 2.28. The van der Waals surface area contributed by atoms with Crippen LogP contribution in [0.4, 0.5) is 18.9 Å². The summed E-state index contributed by atoms with van der Waals surface area (Å²) in [6.07, 6.45) is 1.40. The number of hydrogen-bond donors (Lipinski definition) is 3. The van der Waals surface area contributed by atoms with Gasteiger partial charge in [-0.3, -0.25) is 9.59 Å². The van der Waals surface area contributed by atoms with Gasteiger partial charge in [-0.2, -0.15) is 13.2 Å². The summed E-state index contributed by atoms with van der Waals surface area (Å²) in [6, 6.07) is 6.16. The van der Waals surface area contributed by atoms with Gasteiger partial charge in [0.15, 0.2) is 0 Å². The summed E-state index contributed by atoms with van der Waals surface area (Å²) in [5, 5.41) is 7.52. The Labute approximate surface area is 150 Å². The van der Waals surface area contributed by atoms with E-state index in [1.54, 1.807) is 18.2 Å². The lowest BCUT2D eigenvalue weighted by molar-refractivity contribution is -0.123. The summed E-state index contributed by atoms with van der Waals surface area (Å²) >= 11 is 0. The molecule has 144 valence electrons. The monoisotopic (exact) mass is 371 g/mol. The van der Waals surface area contributed by atoms with Gasteiger partial charge in [0.25, 0.3) is 5.91 Å². The predicted molar refractivity (Wildman–Crippen MR) is 92.9 cm³/mol. The molecule has 0 unspecified atom stereocenters. The summed E-state index contributed by atoms with van der Waals surface area (Å²) in [6.45, 7) is -0.813. The van der Waals surface area contributed by atoms with Gasteiger partial charge in [0.2, 0.25) is 5.91 Å². The quantitative estimate of drug-likeness (QED) is 0.690. The minimum absolute atomic E-state index is 0.0454. The van der Waals surface area contributed by atoms with Crippen LogP contribution in [0.25, 0.3) is 0 Å². The molecule has 0 bridgehead atoms. The average Bonchev–Trinajstić information content (AvgIpc) is 2.63. The smallest absolute Gasteiger partial charge is 0.376 e. The molecular weight excluding hydrogens is 347 g/mol. The van der Waals surface area contributed by atoms with Crippen molar-refractivity contribution in [3.8, 4) is 0 Å². The number of hydrogen-bond acceptors (Lipinski definition) is 3. The molecule has 1 fully saturated rings. The van der Waals surface area contributed by atoms with Crippen molar-refractivity contribution in [3.05, 3.63) is 29.8 Å². The number of alkyl halides is 3. The lowest BCUT2D eigenvalue weighted by Crippen LogP contribution is -2.35. The Morgan fingerprint density at radius 2 is 1.73 bits per heavy atom. The van der Waals surface area contributed by atoms with E-state index in [1.165, 1.54) is 25.3 Å². The van der Waals surface area contributed by atoms with E-state index in [0.29, 0.717) is 18.2 Å². The number of benzene rings is 1. The molecule has 1 aliphatic rings. The van der Waals surface area contributed by atoms with Crippen LogP contribution in [-0.4, -0.2) is 37.6 Å². The molecule has 1 aromatic rings. The number of halogens is 3. The highest BCUT2D eigenvalue weighted by molar-refractivity contribution is 6.00. The topological polar surface area (TPSA) is 70.2 Å². The molecule has 0 saturated heterocycles. The van der Waals surface area contributed by atoms with Gasteiger partial charge in [-0.25, -0.2) is 0 Å². The zero-order valence-electron chi connectivity index (χ0n) is 14.5. The van der Waals surface area contributed by atoms with Crippen LogP contribution in [0.15, 0.2) is 24.3 Å². The lowest BCUT2D eigenvalue weighted by atomic mass is 9.89. The Morgan fingerprint density at radius 3 is 2.42 bits per heavy atom. The van der Waals surface area contributed by atoms with Crippen molar-refractivity contribution in [3.63, 3.8) is 0 Å². The number of carbonyl (C=O) groups excluding carboxylic acids is 2. The first-order valence-corrected chi connectivity index (χ1v) is 8.80. The Bertz CT molecular complexity index is 614. The standard InChI is InChI=1S/C18H24F3N3O2/c19-18(20,21)12-24-17(26)14-8-4-5-9-15(14)22-11-16(25)23-10-13-6-2-1-3-7-13/h4-5,8-9,13,22H,1-3,6-7,10-12H2,(H,23,25)(H,24,26). The number of rotatable bonds is 7. The maximum Gasteiger partial charge on any atom is 0.405 e. The van der Waals surface area contributed by atoms with E-state index >= 15 is 0 Å². The van der Waals surface area contributed by atoms with Crippen LogP contribution in [0.2, 0.25) is 0 Å². The third-order valence-corrected chi connectivity index (χ3v) is 4.37. The molecule has 8 heteroatoms. The van der Waals surface area contributed by atoms with E-state index in [1.807, 2.05) is 5.32 Å². The zero-order valence-corrected chi connectivity index (χ0v) is 14.5. The number of para-hydroxylation sites is 1. The molecule has 1 aromatic carbocycles. The van der Waals surface area contributed by atoms with Gasteiger partial charge >= 0.3 is 6.18 Å². The SMILES string of the molecule is O=C(CNc1ccccc1C(=O)NCC(F)(F)F)NCC1CCCCC1. The molecular formula is C18H24F3N3O2. The second-order valence-electron chi connectivity index (χ2n) is 6.51. The first-order valence-electron chi connectivity index (χ1n) is 8.80. The van der Waals surface area contributed by atoms with Crippen molar-refractivity contribution in [2.24, 2.45) is 5.92 Å². The number of amides is 2. The maximum absolute atomic E-state index is 12.2. The summed E-state index contributed by atoms with van der Waals surface area (Å²) in [4.78, 5) is 23.9. The van der Waals surface area contributed by atoms with Crippen LogP contribution in [0.3, 0.4) is 0 Å². The highest BCUT2D eigenvalue weighted by atomic mass is 19.4. The Kier molecular flexibility index (Phi) is 7.29. The number of nitrogens with one attached hydrogen (secondary N) is 3. The molecule has 5 nitrogen and oxygen atoms in total. The van der Waals surface area contributed by atoms with Crippen LogP contribution in [0.1, 0.15) is 42.5 Å². The number of carbonyl (C=O) groups is 2. The van der Waals surface area contributed by atoms with Crippen molar-refractivity contribution in [2.45, 2.75) is 38.3 Å². The third-order valence-electron chi connectivity index (χ3n) is 4.37. The molecule has 3 N–H and O–H groups in total. The van der Waals surface area contributed by atoms with E-state index in [9.17, 15) is 22.8 Å². The molecule has 1 saturated carbocycles. The Hall–Kier alpha value is -2.25. The molecule has 0 radical (unpaired) electrons. The van der Waals surface area contributed by atoms with E-state index in [2.05, 4.69) is 10.6 Å². The molecule has 0 spiro atoms. The van der Waals surface area contributed by atoms with Gasteiger partial charge in [-0.05, 0) is 30.9 Å². The van der Waals surface area contributed by atoms with Gasteiger partial charge in [0.1, 0.15) is 6.54 Å². The van der Waals surface area contributed by atoms with Gasteiger partial charge < -0.3 is 16.0 Å². The Morgan fingerprint density at radius 1 is 1.04 bits per heavy atom. The van der Waals surface area contributed by atoms with E-state index in [-0.39, 0.29) is 18.0 Å². The second kappa shape index (κ2) is 9.45. The summed E-state index contributed by atoms with van der Waals surface area (Å²) in [5.74, 6) is -0.540. The maximum atomic E-state index is 12.2. The highest BCUT2D eigenvalue weighted by Crippen LogP contribution is 2.22. The molecule has 0 aromatic heterocycles. The van der Waals surface area contributed by atoms with Gasteiger partial charge in [0.05, 0.1) is 12.1 Å². The molecule has 2 rings (SSSR count). The lowest BCUT2D eigenvalue weighted by Gasteiger charge is -2.21. The van der Waals surface area contributed by atoms with E-state index in [4.69, 9.17) is 0 Å². The minimum Gasteiger partial charge on any atom is -0.376 e. The van der Waals surface area contributed by atoms with Crippen LogP contribution in [0.5, 0.6) is 0 Å². The summed E-state index contributed by atoms with van der Waals surface area (Å²) in [5.41, 5.74) is 0.386. The number of anilines is 1. The molecule has 1 aliphatic carbocycles. The first kappa shape index (κ1) is 20.1. The van der Waals surface area contributed by atoms with E-state index < -0.39 is 18.6 Å². The molecule has 0 heterocycles. The third kappa shape index (κ3) is 6.93. The van der Waals surface area contributed by atoms with Gasteiger partial charge in [-0.15, -0.1) is 0 Å². The van der Waals surface area contributed by atoms with Crippen LogP contribution in [-0.2, 0) is 4.79 Å². The fourth-order valence-corrected chi connectivity index (χ4v) is 3.00. The largest absolute Gasteiger partial charge is 0.405 e. The molecule has 0 aliphatic heterocycles. The fourth-order valence-electron chi connectivity index (χ4n) is 3.00. The normalized spacial score (nSPS) is 15.3. The zero-order chi connectivity index (χ0) is 19.0. The van der Waals surface area contributed by atoms with Crippen molar-refractivity contribution >= 4 is 17.5 Å². The van der Waals surface area contributed by atoms with Gasteiger partial charge in [0, 0.05) is 12.2 Å². The van der Waals surface area contributed by atoms with Crippen LogP contribution in [0, 0.1) is 5.92 Å². The van der Waals surface area contributed by atoms with Crippen molar-refractivity contribution < 1.29 is 22.8 Å². The van der Waals surface area contributed by atoms with Crippen molar-refractivity contribution in [1.82, 2.24) is 10.6 Å². The molecule has 2 amide bonds. The minimum atomic E-state index is -4.48. The predicted octanol–water partition coefficient (Wildman–Crippen LogP) is 3.09. The second-order valence-corrected chi connectivity index (χ2v) is 6.51.